The van der Waals surface area contributed by atoms with Crippen LogP contribution in [0.15, 0.2) is 12.1 Å². The summed E-state index contributed by atoms with van der Waals surface area (Å²) in [5.74, 6) is 1.39. The van der Waals surface area contributed by atoms with E-state index in [1.165, 1.54) is 44.9 Å². The highest BCUT2D eigenvalue weighted by Crippen LogP contribution is 2.40. The van der Waals surface area contributed by atoms with Crippen molar-refractivity contribution in [3.8, 4) is 0 Å². The van der Waals surface area contributed by atoms with Crippen molar-refractivity contribution in [3.63, 3.8) is 0 Å². The highest BCUT2D eigenvalue weighted by molar-refractivity contribution is 14.1. The molecule has 4 heteroatoms. The Kier molecular flexibility index (Phi) is 7.98. The van der Waals surface area contributed by atoms with Gasteiger partial charge in [-0.1, -0.05) is 57.2 Å². The third-order valence-electron chi connectivity index (χ3n) is 6.97. The van der Waals surface area contributed by atoms with Gasteiger partial charge in [0.25, 0.3) is 0 Å². The van der Waals surface area contributed by atoms with Crippen molar-refractivity contribution < 1.29 is 8.78 Å². The smallest absolute Gasteiger partial charge is 0.139 e. The van der Waals surface area contributed by atoms with Crippen molar-refractivity contribution in [2.24, 2.45) is 11.8 Å². The molecular weight excluding hydrogens is 457 g/mol. The number of halogens is 3. The van der Waals surface area contributed by atoms with Gasteiger partial charge in [-0.15, -0.1) is 0 Å². The molecule has 0 spiro atoms. The van der Waals surface area contributed by atoms with E-state index in [9.17, 15) is 8.78 Å². The van der Waals surface area contributed by atoms with Gasteiger partial charge in [0.1, 0.15) is 11.6 Å². The fourth-order valence-electron chi connectivity index (χ4n) is 5.28. The maximum atomic E-state index is 13.8. The highest BCUT2D eigenvalue weighted by atomic mass is 127. The SMILES string of the molecule is CCC[SiH]1CCC(CCC2CCC(c3cc(F)c(I)c(F)c3)CC2)CC1. The van der Waals surface area contributed by atoms with E-state index in [1.54, 1.807) is 52.9 Å². The molecule has 0 amide bonds. The quantitative estimate of drug-likeness (QED) is 0.218. The lowest BCUT2D eigenvalue weighted by molar-refractivity contribution is 0.279. The molecule has 0 unspecified atom stereocenters. The van der Waals surface area contributed by atoms with E-state index in [4.69, 9.17) is 0 Å². The van der Waals surface area contributed by atoms with Crippen molar-refractivity contribution in [2.45, 2.75) is 88.8 Å². The monoisotopic (exact) mass is 490 g/mol. The van der Waals surface area contributed by atoms with Gasteiger partial charge in [0.15, 0.2) is 0 Å². The van der Waals surface area contributed by atoms with E-state index in [-0.39, 0.29) is 12.4 Å². The zero-order chi connectivity index (χ0) is 18.5. The fourth-order valence-corrected chi connectivity index (χ4v) is 9.16. The first-order valence-corrected chi connectivity index (χ1v) is 14.2. The molecule has 0 nitrogen and oxygen atoms in total. The molecule has 1 saturated heterocycles. The minimum Gasteiger partial charge on any atom is -0.206 e. The summed E-state index contributed by atoms with van der Waals surface area (Å²) < 4.78 is 27.8. The van der Waals surface area contributed by atoms with Gasteiger partial charge in [-0.25, -0.2) is 8.78 Å². The molecule has 0 atom stereocenters. The normalized spacial score (nSPS) is 29.7. The minimum atomic E-state index is -0.398. The van der Waals surface area contributed by atoms with E-state index >= 15 is 0 Å². The average molecular weight is 490 g/mol. The van der Waals surface area contributed by atoms with Crippen LogP contribution in [0.25, 0.3) is 0 Å². The predicted molar refractivity (Wildman–Crippen MR) is 118 cm³/mol. The Morgan fingerprint density at radius 2 is 1.46 bits per heavy atom. The molecule has 2 aliphatic rings. The summed E-state index contributed by atoms with van der Waals surface area (Å²) >= 11 is 1.75. The van der Waals surface area contributed by atoms with Crippen molar-refractivity contribution in [1.29, 1.82) is 0 Å². The van der Waals surface area contributed by atoms with Crippen LogP contribution < -0.4 is 0 Å². The van der Waals surface area contributed by atoms with Crippen LogP contribution >= 0.6 is 22.6 Å². The lowest BCUT2D eigenvalue weighted by atomic mass is 9.76. The van der Waals surface area contributed by atoms with Gasteiger partial charge < -0.3 is 0 Å². The molecule has 1 aliphatic carbocycles. The standard InChI is InChI=1S/C22H33F2ISi/c1-2-11-26-12-9-17(10-13-26)4-3-16-5-7-18(8-6-16)19-14-20(23)22(25)21(24)15-19/h14-18,26H,2-13H2,1H3. The third kappa shape index (κ3) is 5.52. The zero-order valence-corrected chi connectivity index (χ0v) is 19.4. The van der Waals surface area contributed by atoms with E-state index in [1.807, 2.05) is 0 Å². The largest absolute Gasteiger partial charge is 0.206 e. The molecule has 0 bridgehead atoms. The third-order valence-corrected chi connectivity index (χ3v) is 11.7. The van der Waals surface area contributed by atoms with Gasteiger partial charge in [0.2, 0.25) is 0 Å². The molecule has 0 N–H and O–H groups in total. The van der Waals surface area contributed by atoms with E-state index in [0.29, 0.717) is 5.92 Å². The predicted octanol–water partition coefficient (Wildman–Crippen LogP) is 7.67. The topological polar surface area (TPSA) is 0 Å². The molecule has 2 fully saturated rings. The molecule has 0 radical (unpaired) electrons. The fraction of sp³-hybridized carbons (Fsp3) is 0.727. The van der Waals surface area contributed by atoms with Gasteiger partial charge in [-0.05, 0) is 83.7 Å². The Balaban J connectivity index is 1.40. The van der Waals surface area contributed by atoms with Gasteiger partial charge in [-0.2, -0.15) is 0 Å². The lowest BCUT2D eigenvalue weighted by Gasteiger charge is -2.32. The Bertz CT molecular complexity index is 553. The summed E-state index contributed by atoms with van der Waals surface area (Å²) in [6.45, 7) is 2.34. The van der Waals surface area contributed by atoms with Crippen molar-refractivity contribution in [3.05, 3.63) is 32.9 Å². The van der Waals surface area contributed by atoms with Crippen LogP contribution in [0, 0.1) is 27.0 Å². The van der Waals surface area contributed by atoms with E-state index in [0.717, 1.165) is 30.2 Å². The summed E-state index contributed by atoms with van der Waals surface area (Å²) in [5, 5.41) is 0. The lowest BCUT2D eigenvalue weighted by Crippen LogP contribution is -2.22. The zero-order valence-electron chi connectivity index (χ0n) is 16.1. The van der Waals surface area contributed by atoms with Crippen LogP contribution in [0.3, 0.4) is 0 Å². The molecule has 1 aliphatic heterocycles. The molecule has 1 saturated carbocycles. The van der Waals surface area contributed by atoms with Crippen molar-refractivity contribution in [1.82, 2.24) is 0 Å². The van der Waals surface area contributed by atoms with Crippen LogP contribution in [0.2, 0.25) is 18.1 Å². The maximum Gasteiger partial charge on any atom is 0.139 e. The summed E-state index contributed by atoms with van der Waals surface area (Å²) in [7, 11) is -0.341. The Morgan fingerprint density at radius 3 is 2.00 bits per heavy atom. The number of hydrogen-bond acceptors (Lipinski definition) is 0. The molecule has 146 valence electrons. The Hall–Kier alpha value is 0.0269. The van der Waals surface area contributed by atoms with Gasteiger partial charge >= 0.3 is 0 Å². The molecule has 26 heavy (non-hydrogen) atoms. The summed E-state index contributed by atoms with van der Waals surface area (Å²) in [6.07, 6.45) is 11.9. The maximum absolute atomic E-state index is 13.8. The Morgan fingerprint density at radius 1 is 0.923 bits per heavy atom. The highest BCUT2D eigenvalue weighted by Gasteiger charge is 2.26. The van der Waals surface area contributed by atoms with Gasteiger partial charge in [0.05, 0.1) is 3.57 Å². The van der Waals surface area contributed by atoms with Crippen molar-refractivity contribution in [2.75, 3.05) is 0 Å². The van der Waals surface area contributed by atoms with Crippen LogP contribution in [-0.4, -0.2) is 8.80 Å². The minimum absolute atomic E-state index is 0.122. The first kappa shape index (κ1) is 20.8. The number of benzene rings is 1. The second-order valence-corrected chi connectivity index (χ2v) is 13.3. The second-order valence-electron chi connectivity index (χ2n) is 8.77. The van der Waals surface area contributed by atoms with E-state index < -0.39 is 11.6 Å². The first-order chi connectivity index (χ1) is 12.6. The van der Waals surface area contributed by atoms with Crippen LogP contribution in [-0.2, 0) is 0 Å². The summed E-state index contributed by atoms with van der Waals surface area (Å²) in [5.41, 5.74) is 0.873. The van der Waals surface area contributed by atoms with E-state index in [2.05, 4.69) is 6.92 Å². The average Bonchev–Trinajstić information content (AvgIpc) is 2.66. The molecule has 3 rings (SSSR count). The summed E-state index contributed by atoms with van der Waals surface area (Å²) in [4.78, 5) is 0. The molecule has 0 aromatic heterocycles. The summed E-state index contributed by atoms with van der Waals surface area (Å²) in [6, 6.07) is 7.88. The number of hydrogen-bond donors (Lipinski definition) is 0. The van der Waals surface area contributed by atoms with Gasteiger partial charge in [-0.3, -0.25) is 0 Å². The molecule has 1 heterocycles. The Labute approximate surface area is 173 Å². The van der Waals surface area contributed by atoms with Crippen molar-refractivity contribution >= 4 is 31.4 Å². The number of rotatable bonds is 6. The van der Waals surface area contributed by atoms with Crippen LogP contribution in [0.1, 0.15) is 76.2 Å². The molecular formula is C22H33F2ISi. The molecule has 1 aromatic carbocycles. The van der Waals surface area contributed by atoms with Crippen LogP contribution in [0.5, 0.6) is 0 Å². The first-order valence-electron chi connectivity index (χ1n) is 10.7. The van der Waals surface area contributed by atoms with Crippen LogP contribution in [0.4, 0.5) is 8.78 Å². The molecule has 1 aromatic rings. The van der Waals surface area contributed by atoms with Gasteiger partial charge in [0, 0.05) is 8.80 Å². The second kappa shape index (κ2) is 9.99.